The summed E-state index contributed by atoms with van der Waals surface area (Å²) in [6.45, 7) is 2.65. The molecule has 0 saturated carbocycles. The van der Waals surface area contributed by atoms with Gasteiger partial charge in [0.2, 0.25) is 0 Å². The third kappa shape index (κ3) is 3.87. The van der Waals surface area contributed by atoms with Gasteiger partial charge in [-0.3, -0.25) is 9.79 Å². The van der Waals surface area contributed by atoms with E-state index in [1.165, 1.54) is 11.8 Å². The number of benzene rings is 1. The van der Waals surface area contributed by atoms with Gasteiger partial charge in [0.25, 0.3) is 5.91 Å². The van der Waals surface area contributed by atoms with Crippen molar-refractivity contribution in [3.05, 3.63) is 29.8 Å². The molecule has 1 aromatic rings. The fraction of sp³-hybridized carbons (Fsp3) is 0.467. The first kappa shape index (κ1) is 16.3. The van der Waals surface area contributed by atoms with Crippen LogP contribution in [0.15, 0.2) is 29.3 Å². The van der Waals surface area contributed by atoms with Crippen molar-refractivity contribution in [2.45, 2.75) is 24.6 Å². The Bertz CT molecular complexity index is 746. The van der Waals surface area contributed by atoms with Gasteiger partial charge in [-0.1, -0.05) is 24.8 Å². The van der Waals surface area contributed by atoms with Crippen molar-refractivity contribution in [3.63, 3.8) is 0 Å². The lowest BCUT2D eigenvalue weighted by Crippen LogP contribution is -2.24. The monoisotopic (exact) mass is 353 g/mol. The highest BCUT2D eigenvalue weighted by Gasteiger charge is 2.42. The van der Waals surface area contributed by atoms with Crippen molar-refractivity contribution >= 4 is 38.4 Å². The second kappa shape index (κ2) is 6.52. The molecule has 2 atom stereocenters. The Balaban J connectivity index is 1.66. The van der Waals surface area contributed by atoms with Crippen LogP contribution in [0.25, 0.3) is 0 Å². The van der Waals surface area contributed by atoms with Gasteiger partial charge >= 0.3 is 0 Å². The number of sulfone groups is 1. The second-order valence-electron chi connectivity index (χ2n) is 5.70. The van der Waals surface area contributed by atoms with Gasteiger partial charge in [0.05, 0.1) is 17.5 Å². The number of hydrogen-bond donors (Lipinski definition) is 2. The van der Waals surface area contributed by atoms with Gasteiger partial charge in [0.15, 0.2) is 15.0 Å². The van der Waals surface area contributed by atoms with Crippen LogP contribution in [0.3, 0.4) is 0 Å². The summed E-state index contributed by atoms with van der Waals surface area (Å²) in [5, 5.41) is 6.76. The van der Waals surface area contributed by atoms with E-state index < -0.39 is 9.84 Å². The molecule has 0 bridgehead atoms. The molecule has 124 valence electrons. The highest BCUT2D eigenvalue weighted by atomic mass is 32.2. The third-order valence-corrected chi connectivity index (χ3v) is 6.87. The van der Waals surface area contributed by atoms with Gasteiger partial charge in [0, 0.05) is 23.0 Å². The standard InChI is InChI=1S/C15H19N3O3S2/c1-2-6-16-14(19)10-4-3-5-11(7-10)17-15-18-12-8-23(20,21)9-13(12)22-15/h3-5,7,12-13H,2,6,8-9H2,1H3,(H,16,19)(H,17,18)/t12-,13-/m0/s1. The predicted molar refractivity (Wildman–Crippen MR) is 93.9 cm³/mol. The molecule has 1 fully saturated rings. The summed E-state index contributed by atoms with van der Waals surface area (Å²) in [6.07, 6.45) is 0.892. The molecule has 2 aliphatic rings. The first-order chi connectivity index (χ1) is 11.0. The number of nitrogens with one attached hydrogen (secondary N) is 2. The number of aliphatic imine (C=N–C) groups is 1. The predicted octanol–water partition coefficient (Wildman–Crippen LogP) is 1.51. The summed E-state index contributed by atoms with van der Waals surface area (Å²) >= 11 is 1.47. The zero-order chi connectivity index (χ0) is 16.4. The zero-order valence-corrected chi connectivity index (χ0v) is 14.4. The van der Waals surface area contributed by atoms with Gasteiger partial charge < -0.3 is 10.6 Å². The van der Waals surface area contributed by atoms with Crippen LogP contribution in [-0.2, 0) is 9.84 Å². The first-order valence-electron chi connectivity index (χ1n) is 7.57. The highest BCUT2D eigenvalue weighted by Crippen LogP contribution is 2.34. The number of nitrogens with zero attached hydrogens (tertiary/aromatic N) is 1. The molecule has 23 heavy (non-hydrogen) atoms. The van der Waals surface area contributed by atoms with Gasteiger partial charge in [-0.2, -0.15) is 0 Å². The molecule has 3 rings (SSSR count). The summed E-state index contributed by atoms with van der Waals surface area (Å²) < 4.78 is 23.1. The topological polar surface area (TPSA) is 87.6 Å². The Kier molecular flexibility index (Phi) is 4.63. The number of amides is 1. The number of carbonyl (C=O) groups is 1. The van der Waals surface area contributed by atoms with Crippen LogP contribution in [0.1, 0.15) is 23.7 Å². The molecule has 0 aromatic heterocycles. The van der Waals surface area contributed by atoms with Gasteiger partial charge in [-0.25, -0.2) is 8.42 Å². The van der Waals surface area contributed by atoms with Crippen molar-refractivity contribution in [2.75, 3.05) is 23.4 Å². The average molecular weight is 353 g/mol. The number of rotatable bonds is 4. The number of amidine groups is 1. The lowest BCUT2D eigenvalue weighted by Gasteiger charge is -2.09. The van der Waals surface area contributed by atoms with Gasteiger partial charge in [-0.05, 0) is 24.6 Å². The number of hydrogen-bond acceptors (Lipinski definition) is 6. The molecule has 8 heteroatoms. The number of fused-ring (bicyclic) bond motifs is 1. The Morgan fingerprint density at radius 2 is 2.22 bits per heavy atom. The molecule has 0 radical (unpaired) electrons. The molecule has 0 spiro atoms. The Labute approximate surface area is 140 Å². The number of carbonyl (C=O) groups excluding carboxylic acids is 1. The van der Waals surface area contributed by atoms with E-state index in [4.69, 9.17) is 0 Å². The van der Waals surface area contributed by atoms with Gasteiger partial charge in [0.1, 0.15) is 0 Å². The van der Waals surface area contributed by atoms with Crippen LogP contribution in [0.2, 0.25) is 0 Å². The lowest BCUT2D eigenvalue weighted by molar-refractivity contribution is 0.0953. The maximum absolute atomic E-state index is 12.0. The number of anilines is 1. The number of thioether (sulfide) groups is 1. The molecule has 2 heterocycles. The molecule has 6 nitrogen and oxygen atoms in total. The third-order valence-electron chi connectivity index (χ3n) is 3.73. The van der Waals surface area contributed by atoms with Crippen LogP contribution in [-0.4, -0.2) is 48.8 Å². The smallest absolute Gasteiger partial charge is 0.251 e. The summed E-state index contributed by atoms with van der Waals surface area (Å²) in [5.74, 6) is 0.227. The van der Waals surface area contributed by atoms with Crippen molar-refractivity contribution in [1.82, 2.24) is 5.32 Å². The molecule has 2 aliphatic heterocycles. The minimum Gasteiger partial charge on any atom is -0.352 e. The van der Waals surface area contributed by atoms with E-state index in [-0.39, 0.29) is 28.7 Å². The molecule has 0 unspecified atom stereocenters. The van der Waals surface area contributed by atoms with Crippen LogP contribution >= 0.6 is 11.8 Å². The van der Waals surface area contributed by atoms with E-state index in [1.54, 1.807) is 12.1 Å². The second-order valence-corrected chi connectivity index (χ2v) is 9.08. The van der Waals surface area contributed by atoms with Crippen LogP contribution in [0.5, 0.6) is 0 Å². The molecule has 0 aliphatic carbocycles. The van der Waals surface area contributed by atoms with Crippen LogP contribution in [0.4, 0.5) is 5.69 Å². The van der Waals surface area contributed by atoms with E-state index in [9.17, 15) is 13.2 Å². The molecule has 1 aromatic carbocycles. The SMILES string of the molecule is CCCNC(=O)c1cccc(NC2=N[C@H]3CS(=O)(=O)C[C@@H]3S2)c1. The fourth-order valence-electron chi connectivity index (χ4n) is 2.62. The average Bonchev–Trinajstić information content (AvgIpc) is 2.97. The molecule has 1 saturated heterocycles. The minimum absolute atomic E-state index is 0.0125. The summed E-state index contributed by atoms with van der Waals surface area (Å²) in [4.78, 5) is 16.4. The van der Waals surface area contributed by atoms with Crippen molar-refractivity contribution < 1.29 is 13.2 Å². The summed E-state index contributed by atoms with van der Waals surface area (Å²) in [6, 6.07) is 7.07. The Morgan fingerprint density at radius 1 is 1.39 bits per heavy atom. The van der Waals surface area contributed by atoms with E-state index in [0.717, 1.165) is 17.3 Å². The van der Waals surface area contributed by atoms with Crippen molar-refractivity contribution in [2.24, 2.45) is 4.99 Å². The van der Waals surface area contributed by atoms with E-state index in [2.05, 4.69) is 15.6 Å². The molecular weight excluding hydrogens is 334 g/mol. The quantitative estimate of drug-likeness (QED) is 0.857. The fourth-order valence-corrected chi connectivity index (χ4v) is 6.29. The minimum atomic E-state index is -2.94. The molecular formula is C15H19N3O3S2. The van der Waals surface area contributed by atoms with Crippen molar-refractivity contribution in [1.29, 1.82) is 0 Å². The summed E-state index contributed by atoms with van der Waals surface area (Å²) in [7, 11) is -2.94. The maximum atomic E-state index is 12.0. The normalized spacial score (nSPS) is 24.8. The zero-order valence-electron chi connectivity index (χ0n) is 12.8. The highest BCUT2D eigenvalue weighted by molar-refractivity contribution is 8.15. The largest absolute Gasteiger partial charge is 0.352 e. The van der Waals surface area contributed by atoms with E-state index in [1.807, 2.05) is 19.1 Å². The molecule has 2 N–H and O–H groups in total. The first-order valence-corrected chi connectivity index (χ1v) is 10.3. The van der Waals surface area contributed by atoms with E-state index in [0.29, 0.717) is 12.1 Å². The lowest BCUT2D eigenvalue weighted by atomic mass is 10.2. The van der Waals surface area contributed by atoms with Crippen molar-refractivity contribution in [3.8, 4) is 0 Å². The van der Waals surface area contributed by atoms with Crippen LogP contribution < -0.4 is 10.6 Å². The van der Waals surface area contributed by atoms with Gasteiger partial charge in [-0.15, -0.1) is 0 Å². The maximum Gasteiger partial charge on any atom is 0.251 e. The molecule has 1 amide bonds. The summed E-state index contributed by atoms with van der Waals surface area (Å²) in [5.41, 5.74) is 1.37. The van der Waals surface area contributed by atoms with Crippen LogP contribution in [0, 0.1) is 0 Å². The Hall–Kier alpha value is -1.54. The van der Waals surface area contributed by atoms with E-state index >= 15 is 0 Å². The Morgan fingerprint density at radius 3 is 2.96 bits per heavy atom.